The van der Waals surface area contributed by atoms with Crippen LogP contribution >= 0.6 is 0 Å². The molecule has 2 rings (SSSR count). The standard InChI is InChI=1S/C13H24N2O2/c1-13(2)8-9(6-7-17-13)15-12(16)10-4-3-5-11(10)14/h9-11H,3-8,14H2,1-2H3,(H,15,16). The Kier molecular flexibility index (Phi) is 3.73. The predicted molar refractivity (Wildman–Crippen MR) is 66.5 cm³/mol. The van der Waals surface area contributed by atoms with Gasteiger partial charge in [0.25, 0.3) is 0 Å². The lowest BCUT2D eigenvalue weighted by Gasteiger charge is -2.36. The van der Waals surface area contributed by atoms with Gasteiger partial charge in [0.2, 0.25) is 5.91 Å². The van der Waals surface area contributed by atoms with E-state index in [0.29, 0.717) is 0 Å². The molecule has 4 heteroatoms. The first-order valence-electron chi connectivity index (χ1n) is 6.68. The molecule has 3 N–H and O–H groups in total. The minimum absolute atomic E-state index is 0.0287. The number of amides is 1. The molecule has 3 unspecified atom stereocenters. The van der Waals surface area contributed by atoms with Crippen molar-refractivity contribution >= 4 is 5.91 Å². The summed E-state index contributed by atoms with van der Waals surface area (Å²) >= 11 is 0. The molecule has 2 fully saturated rings. The van der Waals surface area contributed by atoms with Crippen LogP contribution in [0.1, 0.15) is 46.0 Å². The highest BCUT2D eigenvalue weighted by Crippen LogP contribution is 2.27. The summed E-state index contributed by atoms with van der Waals surface area (Å²) in [5.74, 6) is 0.179. The molecule has 1 aliphatic heterocycles. The quantitative estimate of drug-likeness (QED) is 0.762. The lowest BCUT2D eigenvalue weighted by molar-refractivity contribution is -0.128. The van der Waals surface area contributed by atoms with E-state index < -0.39 is 0 Å². The SMILES string of the molecule is CC1(C)CC(NC(=O)C2CCCC2N)CCO1. The van der Waals surface area contributed by atoms with Gasteiger partial charge < -0.3 is 15.8 Å². The normalized spacial score (nSPS) is 36.8. The van der Waals surface area contributed by atoms with Crippen molar-refractivity contribution in [3.05, 3.63) is 0 Å². The minimum atomic E-state index is -0.117. The summed E-state index contributed by atoms with van der Waals surface area (Å²) in [7, 11) is 0. The summed E-state index contributed by atoms with van der Waals surface area (Å²) < 4.78 is 5.65. The second kappa shape index (κ2) is 4.94. The van der Waals surface area contributed by atoms with Crippen molar-refractivity contribution in [2.45, 2.75) is 63.6 Å². The molecule has 1 saturated carbocycles. The minimum Gasteiger partial charge on any atom is -0.375 e. The molecule has 1 amide bonds. The number of hydrogen-bond acceptors (Lipinski definition) is 3. The average Bonchev–Trinajstić information content (AvgIpc) is 2.62. The van der Waals surface area contributed by atoms with Crippen molar-refractivity contribution in [2.75, 3.05) is 6.61 Å². The van der Waals surface area contributed by atoms with E-state index in [1.807, 2.05) is 0 Å². The van der Waals surface area contributed by atoms with Gasteiger partial charge in [-0.1, -0.05) is 6.42 Å². The number of nitrogens with one attached hydrogen (secondary N) is 1. The highest BCUT2D eigenvalue weighted by atomic mass is 16.5. The lowest BCUT2D eigenvalue weighted by atomic mass is 9.93. The van der Waals surface area contributed by atoms with E-state index in [1.54, 1.807) is 0 Å². The number of ether oxygens (including phenoxy) is 1. The largest absolute Gasteiger partial charge is 0.375 e. The van der Waals surface area contributed by atoms with Crippen molar-refractivity contribution in [1.82, 2.24) is 5.32 Å². The maximum atomic E-state index is 12.1. The van der Waals surface area contributed by atoms with Gasteiger partial charge in [0.05, 0.1) is 11.5 Å². The molecule has 0 aromatic heterocycles. The number of hydrogen-bond donors (Lipinski definition) is 2. The Labute approximate surface area is 103 Å². The average molecular weight is 240 g/mol. The Morgan fingerprint density at radius 2 is 2.12 bits per heavy atom. The van der Waals surface area contributed by atoms with Gasteiger partial charge >= 0.3 is 0 Å². The molecule has 2 aliphatic rings. The van der Waals surface area contributed by atoms with Crippen LogP contribution in [-0.2, 0) is 9.53 Å². The highest BCUT2D eigenvalue weighted by Gasteiger charge is 2.34. The van der Waals surface area contributed by atoms with E-state index in [4.69, 9.17) is 10.5 Å². The van der Waals surface area contributed by atoms with Crippen molar-refractivity contribution in [3.63, 3.8) is 0 Å². The first-order valence-corrected chi connectivity index (χ1v) is 6.68. The molecule has 1 aliphatic carbocycles. The Bertz CT molecular complexity index is 291. The fourth-order valence-electron chi connectivity index (χ4n) is 2.98. The van der Waals surface area contributed by atoms with Gasteiger partial charge in [0.15, 0.2) is 0 Å². The summed E-state index contributed by atoms with van der Waals surface area (Å²) in [5, 5.41) is 3.15. The summed E-state index contributed by atoms with van der Waals surface area (Å²) in [6, 6.07) is 0.307. The predicted octanol–water partition coefficient (Wildman–Crippen LogP) is 1.19. The molecule has 1 saturated heterocycles. The van der Waals surface area contributed by atoms with E-state index in [9.17, 15) is 4.79 Å². The molecule has 0 aromatic carbocycles. The third-order valence-corrected chi connectivity index (χ3v) is 3.95. The topological polar surface area (TPSA) is 64.4 Å². The smallest absolute Gasteiger partial charge is 0.224 e. The second-order valence-corrected chi connectivity index (χ2v) is 6.01. The van der Waals surface area contributed by atoms with Gasteiger partial charge in [-0.15, -0.1) is 0 Å². The molecule has 4 nitrogen and oxygen atoms in total. The molecule has 17 heavy (non-hydrogen) atoms. The summed E-state index contributed by atoms with van der Waals surface area (Å²) in [6.07, 6.45) is 4.81. The van der Waals surface area contributed by atoms with Gasteiger partial charge in [-0.05, 0) is 39.5 Å². The van der Waals surface area contributed by atoms with Gasteiger partial charge in [-0.25, -0.2) is 0 Å². The number of nitrogens with two attached hydrogens (primary N) is 1. The van der Waals surface area contributed by atoms with Crippen LogP contribution in [0.5, 0.6) is 0 Å². The Hall–Kier alpha value is -0.610. The molecule has 98 valence electrons. The number of rotatable bonds is 2. The van der Waals surface area contributed by atoms with Crippen molar-refractivity contribution in [1.29, 1.82) is 0 Å². The van der Waals surface area contributed by atoms with Crippen LogP contribution in [0.25, 0.3) is 0 Å². The Morgan fingerprint density at radius 3 is 2.71 bits per heavy atom. The first kappa shape index (κ1) is 12.8. The van der Waals surface area contributed by atoms with Crippen LogP contribution in [0.2, 0.25) is 0 Å². The maximum absolute atomic E-state index is 12.1. The van der Waals surface area contributed by atoms with Crippen molar-refractivity contribution in [3.8, 4) is 0 Å². The molecule has 3 atom stereocenters. The maximum Gasteiger partial charge on any atom is 0.224 e. The van der Waals surface area contributed by atoms with Crippen molar-refractivity contribution < 1.29 is 9.53 Å². The summed E-state index contributed by atoms with van der Waals surface area (Å²) in [5.41, 5.74) is 5.84. The van der Waals surface area contributed by atoms with Crippen LogP contribution in [0.3, 0.4) is 0 Å². The zero-order valence-corrected chi connectivity index (χ0v) is 10.9. The van der Waals surface area contributed by atoms with E-state index in [2.05, 4.69) is 19.2 Å². The van der Waals surface area contributed by atoms with Crippen molar-refractivity contribution in [2.24, 2.45) is 11.7 Å². The molecule has 0 aromatic rings. The first-order chi connectivity index (χ1) is 7.98. The fourth-order valence-corrected chi connectivity index (χ4v) is 2.98. The van der Waals surface area contributed by atoms with Crippen LogP contribution in [0, 0.1) is 5.92 Å². The Balaban J connectivity index is 1.86. The van der Waals surface area contributed by atoms with Crippen LogP contribution in [0.15, 0.2) is 0 Å². The Morgan fingerprint density at radius 1 is 1.35 bits per heavy atom. The third-order valence-electron chi connectivity index (χ3n) is 3.95. The van der Waals surface area contributed by atoms with Gasteiger partial charge in [-0.3, -0.25) is 4.79 Å². The van der Waals surface area contributed by atoms with E-state index in [-0.39, 0.29) is 29.5 Å². The highest BCUT2D eigenvalue weighted by molar-refractivity contribution is 5.80. The van der Waals surface area contributed by atoms with E-state index in [0.717, 1.165) is 38.7 Å². The van der Waals surface area contributed by atoms with E-state index >= 15 is 0 Å². The molecular formula is C13H24N2O2. The zero-order chi connectivity index (χ0) is 12.5. The zero-order valence-electron chi connectivity index (χ0n) is 10.9. The third kappa shape index (κ3) is 3.19. The lowest BCUT2D eigenvalue weighted by Crippen LogP contribution is -2.49. The molecule has 0 bridgehead atoms. The van der Waals surface area contributed by atoms with E-state index in [1.165, 1.54) is 0 Å². The number of carbonyl (C=O) groups is 1. The molecule has 0 spiro atoms. The second-order valence-electron chi connectivity index (χ2n) is 6.01. The molecular weight excluding hydrogens is 216 g/mol. The summed E-state index contributed by atoms with van der Waals surface area (Å²) in [4.78, 5) is 12.1. The summed E-state index contributed by atoms with van der Waals surface area (Å²) in [6.45, 7) is 4.88. The van der Waals surface area contributed by atoms with Gasteiger partial charge in [0, 0.05) is 18.7 Å². The molecule has 0 radical (unpaired) electrons. The monoisotopic (exact) mass is 240 g/mol. The fraction of sp³-hybridized carbons (Fsp3) is 0.923. The van der Waals surface area contributed by atoms with Gasteiger partial charge in [0.1, 0.15) is 0 Å². The number of carbonyl (C=O) groups excluding carboxylic acids is 1. The molecule has 1 heterocycles. The van der Waals surface area contributed by atoms with Crippen LogP contribution in [-0.4, -0.2) is 30.2 Å². The van der Waals surface area contributed by atoms with Crippen LogP contribution in [0.4, 0.5) is 0 Å². The van der Waals surface area contributed by atoms with Crippen LogP contribution < -0.4 is 11.1 Å². The van der Waals surface area contributed by atoms with Gasteiger partial charge in [-0.2, -0.15) is 0 Å².